The van der Waals surface area contributed by atoms with Gasteiger partial charge in [-0.05, 0) is 43.7 Å². The van der Waals surface area contributed by atoms with E-state index in [1.165, 1.54) is 9.75 Å². The van der Waals surface area contributed by atoms with Gasteiger partial charge in [0.2, 0.25) is 0 Å². The zero-order chi connectivity index (χ0) is 14.4. The minimum Gasteiger partial charge on any atom is -0.375 e. The Morgan fingerprint density at radius 3 is 2.55 bits per heavy atom. The van der Waals surface area contributed by atoms with Crippen molar-refractivity contribution in [2.45, 2.75) is 38.8 Å². The molecule has 1 atom stereocenters. The Bertz CT molecular complexity index is 477. The quantitative estimate of drug-likeness (QED) is 0.775. The molecule has 20 heavy (non-hydrogen) atoms. The molecule has 0 aliphatic carbocycles. The second-order valence-corrected chi connectivity index (χ2v) is 7.44. The largest absolute Gasteiger partial charge is 0.375 e. The molecule has 0 saturated heterocycles. The first-order chi connectivity index (χ1) is 9.61. The summed E-state index contributed by atoms with van der Waals surface area (Å²) in [5.74, 6) is 0. The van der Waals surface area contributed by atoms with E-state index < -0.39 is 0 Å². The van der Waals surface area contributed by atoms with Gasteiger partial charge in [-0.15, -0.1) is 22.7 Å². The van der Waals surface area contributed by atoms with Crippen LogP contribution in [-0.4, -0.2) is 18.8 Å². The van der Waals surface area contributed by atoms with E-state index in [-0.39, 0.29) is 5.60 Å². The molecule has 0 bridgehead atoms. The van der Waals surface area contributed by atoms with E-state index in [1.54, 1.807) is 0 Å². The van der Waals surface area contributed by atoms with Gasteiger partial charge in [-0.1, -0.05) is 12.1 Å². The number of rotatable bonds is 8. The van der Waals surface area contributed by atoms with E-state index in [4.69, 9.17) is 4.74 Å². The second-order valence-electron chi connectivity index (χ2n) is 5.43. The minimum atomic E-state index is -0.125. The van der Waals surface area contributed by atoms with Crippen molar-refractivity contribution in [3.8, 4) is 0 Å². The van der Waals surface area contributed by atoms with Crippen LogP contribution in [0, 0.1) is 0 Å². The molecule has 1 N–H and O–H groups in total. The predicted molar refractivity (Wildman–Crippen MR) is 88.8 cm³/mol. The van der Waals surface area contributed by atoms with Gasteiger partial charge in [0.25, 0.3) is 0 Å². The Kier molecular flexibility index (Phi) is 5.78. The SMILES string of the molecule is CCOC(C)(C)CNC(Cc1cccs1)c1cccs1. The number of thiophene rings is 2. The highest BCUT2D eigenvalue weighted by molar-refractivity contribution is 7.10. The molecule has 0 fully saturated rings. The Balaban J connectivity index is 2.00. The highest BCUT2D eigenvalue weighted by atomic mass is 32.1. The number of nitrogens with one attached hydrogen (secondary N) is 1. The van der Waals surface area contributed by atoms with Crippen LogP contribution in [0.4, 0.5) is 0 Å². The van der Waals surface area contributed by atoms with Crippen LogP contribution in [0.3, 0.4) is 0 Å². The predicted octanol–water partition coefficient (Wildman–Crippen LogP) is 4.50. The molecule has 0 amide bonds. The highest BCUT2D eigenvalue weighted by Crippen LogP contribution is 2.25. The Morgan fingerprint density at radius 1 is 1.20 bits per heavy atom. The van der Waals surface area contributed by atoms with Crippen molar-refractivity contribution < 1.29 is 4.74 Å². The fourth-order valence-electron chi connectivity index (χ4n) is 2.20. The number of ether oxygens (including phenoxy) is 1. The summed E-state index contributed by atoms with van der Waals surface area (Å²) in [6, 6.07) is 9.03. The van der Waals surface area contributed by atoms with Crippen LogP contribution < -0.4 is 5.32 Å². The van der Waals surface area contributed by atoms with Crippen LogP contribution in [0.5, 0.6) is 0 Å². The summed E-state index contributed by atoms with van der Waals surface area (Å²) in [6.07, 6.45) is 1.04. The molecule has 4 heteroatoms. The van der Waals surface area contributed by atoms with E-state index in [1.807, 2.05) is 29.6 Å². The maximum Gasteiger partial charge on any atom is 0.0750 e. The standard InChI is InChI=1S/C16H23NOS2/c1-4-18-16(2,3)12-17-14(15-8-6-10-20-15)11-13-7-5-9-19-13/h5-10,14,17H,4,11-12H2,1-3H3. The lowest BCUT2D eigenvalue weighted by atomic mass is 10.1. The van der Waals surface area contributed by atoms with Crippen LogP contribution in [0.1, 0.15) is 36.6 Å². The smallest absolute Gasteiger partial charge is 0.0750 e. The average molecular weight is 310 g/mol. The van der Waals surface area contributed by atoms with Gasteiger partial charge in [0, 0.05) is 35.4 Å². The molecule has 2 heterocycles. The summed E-state index contributed by atoms with van der Waals surface area (Å²) < 4.78 is 5.78. The lowest BCUT2D eigenvalue weighted by molar-refractivity contribution is -0.0105. The van der Waals surface area contributed by atoms with Crippen molar-refractivity contribution in [1.29, 1.82) is 0 Å². The molecule has 2 nitrogen and oxygen atoms in total. The summed E-state index contributed by atoms with van der Waals surface area (Å²) in [4.78, 5) is 2.82. The summed E-state index contributed by atoms with van der Waals surface area (Å²) >= 11 is 3.64. The van der Waals surface area contributed by atoms with Crippen LogP contribution in [-0.2, 0) is 11.2 Å². The summed E-state index contributed by atoms with van der Waals surface area (Å²) in [5, 5.41) is 7.97. The van der Waals surface area contributed by atoms with Gasteiger partial charge in [0.15, 0.2) is 0 Å². The number of hydrogen-bond acceptors (Lipinski definition) is 4. The molecule has 0 aromatic carbocycles. The normalized spacial score (nSPS) is 13.6. The van der Waals surface area contributed by atoms with E-state index in [2.05, 4.69) is 54.2 Å². The molecule has 110 valence electrons. The zero-order valence-corrected chi connectivity index (χ0v) is 14.0. The highest BCUT2D eigenvalue weighted by Gasteiger charge is 2.21. The molecule has 0 radical (unpaired) electrons. The Labute approximate surface area is 129 Å². The van der Waals surface area contributed by atoms with Gasteiger partial charge < -0.3 is 10.1 Å². The molecule has 0 saturated carbocycles. The van der Waals surface area contributed by atoms with E-state index in [0.29, 0.717) is 6.04 Å². The van der Waals surface area contributed by atoms with Crippen molar-refractivity contribution in [1.82, 2.24) is 5.32 Å². The molecule has 0 aliphatic rings. The van der Waals surface area contributed by atoms with Crippen molar-refractivity contribution in [3.05, 3.63) is 44.8 Å². The van der Waals surface area contributed by atoms with Gasteiger partial charge in [-0.25, -0.2) is 0 Å². The molecular formula is C16H23NOS2. The molecule has 0 aliphatic heterocycles. The minimum absolute atomic E-state index is 0.125. The van der Waals surface area contributed by atoms with Gasteiger partial charge in [-0.2, -0.15) is 0 Å². The van der Waals surface area contributed by atoms with Crippen LogP contribution in [0.15, 0.2) is 35.0 Å². The summed E-state index contributed by atoms with van der Waals surface area (Å²) in [6.45, 7) is 7.93. The molecular weight excluding hydrogens is 286 g/mol. The average Bonchev–Trinajstić information content (AvgIpc) is 3.07. The van der Waals surface area contributed by atoms with Gasteiger partial charge in [0.1, 0.15) is 0 Å². The first-order valence-electron chi connectivity index (χ1n) is 7.04. The Hall–Kier alpha value is -0.680. The van der Waals surface area contributed by atoms with E-state index in [0.717, 1.165) is 19.6 Å². The summed E-state index contributed by atoms with van der Waals surface area (Å²) in [5.41, 5.74) is -0.125. The third kappa shape index (κ3) is 4.70. The fourth-order valence-corrected chi connectivity index (χ4v) is 3.76. The van der Waals surface area contributed by atoms with Crippen molar-refractivity contribution in [2.75, 3.05) is 13.2 Å². The second kappa shape index (κ2) is 7.36. The first kappa shape index (κ1) is 15.7. The monoisotopic (exact) mass is 309 g/mol. The first-order valence-corrected chi connectivity index (χ1v) is 8.80. The van der Waals surface area contributed by atoms with Gasteiger partial charge in [0.05, 0.1) is 5.60 Å². The van der Waals surface area contributed by atoms with Crippen LogP contribution >= 0.6 is 22.7 Å². The zero-order valence-electron chi connectivity index (χ0n) is 12.4. The lowest BCUT2D eigenvalue weighted by Crippen LogP contribution is -2.39. The van der Waals surface area contributed by atoms with Crippen molar-refractivity contribution >= 4 is 22.7 Å². The number of hydrogen-bond donors (Lipinski definition) is 1. The van der Waals surface area contributed by atoms with Crippen LogP contribution in [0.25, 0.3) is 0 Å². The van der Waals surface area contributed by atoms with Crippen molar-refractivity contribution in [2.24, 2.45) is 0 Å². The van der Waals surface area contributed by atoms with Gasteiger partial charge in [-0.3, -0.25) is 0 Å². The molecule has 0 spiro atoms. The maximum atomic E-state index is 5.78. The molecule has 1 unspecified atom stereocenters. The van der Waals surface area contributed by atoms with Gasteiger partial charge >= 0.3 is 0 Å². The Morgan fingerprint density at radius 2 is 1.95 bits per heavy atom. The topological polar surface area (TPSA) is 21.3 Å². The fraction of sp³-hybridized carbons (Fsp3) is 0.500. The summed E-state index contributed by atoms with van der Waals surface area (Å²) in [7, 11) is 0. The lowest BCUT2D eigenvalue weighted by Gasteiger charge is -2.28. The van der Waals surface area contributed by atoms with E-state index >= 15 is 0 Å². The van der Waals surface area contributed by atoms with E-state index in [9.17, 15) is 0 Å². The maximum absolute atomic E-state index is 5.78. The third-order valence-corrected chi connectivity index (χ3v) is 5.07. The van der Waals surface area contributed by atoms with Crippen LogP contribution in [0.2, 0.25) is 0 Å². The molecule has 2 rings (SSSR count). The van der Waals surface area contributed by atoms with Crippen molar-refractivity contribution in [3.63, 3.8) is 0 Å². The molecule has 2 aromatic heterocycles. The molecule has 2 aromatic rings. The third-order valence-electron chi connectivity index (χ3n) is 3.18.